The van der Waals surface area contributed by atoms with Gasteiger partial charge in [0.15, 0.2) is 0 Å². The molecule has 1 aliphatic heterocycles. The lowest BCUT2D eigenvalue weighted by Gasteiger charge is -2.24. The van der Waals surface area contributed by atoms with E-state index in [0.717, 1.165) is 18.5 Å². The molecule has 2 nitrogen and oxygen atoms in total. The van der Waals surface area contributed by atoms with Gasteiger partial charge in [-0.3, -0.25) is 5.32 Å². The summed E-state index contributed by atoms with van der Waals surface area (Å²) < 4.78 is 0. The molecule has 1 N–H and O–H groups in total. The van der Waals surface area contributed by atoms with Crippen molar-refractivity contribution in [2.75, 3.05) is 6.54 Å². The third kappa shape index (κ3) is 1.50. The van der Waals surface area contributed by atoms with Gasteiger partial charge < -0.3 is 0 Å². The van der Waals surface area contributed by atoms with Crippen LogP contribution in [0, 0.1) is 11.3 Å². The molecule has 0 saturated carbocycles. The molecule has 0 radical (unpaired) electrons. The summed E-state index contributed by atoms with van der Waals surface area (Å²) in [6, 6.07) is 1.89. The Kier molecular flexibility index (Phi) is 2.31. The van der Waals surface area contributed by atoms with Crippen molar-refractivity contribution < 1.29 is 0 Å². The first-order valence-electron chi connectivity index (χ1n) is 3.17. The lowest BCUT2D eigenvalue weighted by atomic mass is 10.0. The monoisotopic (exact) mass is 156 g/mol. The van der Waals surface area contributed by atoms with E-state index < -0.39 is 0 Å². The lowest BCUT2D eigenvalue weighted by molar-refractivity contribution is 0.541. The van der Waals surface area contributed by atoms with Gasteiger partial charge in [0.05, 0.1) is 11.4 Å². The highest BCUT2D eigenvalue weighted by molar-refractivity contribution is 6.21. The van der Waals surface area contributed by atoms with Crippen LogP contribution in [0.25, 0.3) is 0 Å². The predicted molar refractivity (Wildman–Crippen MR) is 40.8 cm³/mol. The van der Waals surface area contributed by atoms with Gasteiger partial charge in [-0.15, -0.1) is 11.6 Å². The molecular formula is C7H9ClN2. The maximum absolute atomic E-state index is 8.52. The highest BCUT2D eigenvalue weighted by atomic mass is 35.5. The number of alkyl halides is 1. The van der Waals surface area contributed by atoms with Crippen LogP contribution in [0.15, 0.2) is 12.2 Å². The highest BCUT2D eigenvalue weighted by Crippen LogP contribution is 2.17. The Balaban J connectivity index is 2.53. The van der Waals surface area contributed by atoms with Crippen molar-refractivity contribution in [2.45, 2.75) is 17.8 Å². The second kappa shape index (κ2) is 3.05. The number of hydrogen-bond donors (Lipinski definition) is 1. The summed E-state index contributed by atoms with van der Waals surface area (Å²) in [4.78, 5) is 0. The predicted octanol–water partition coefficient (Wildman–Crippen LogP) is 1.04. The summed E-state index contributed by atoms with van der Waals surface area (Å²) >= 11 is 5.83. The Bertz CT molecular complexity index is 183. The van der Waals surface area contributed by atoms with Gasteiger partial charge in [0.25, 0.3) is 0 Å². The SMILES string of the molecule is C=C1CNC(C#N)C(Cl)C1. The van der Waals surface area contributed by atoms with Crippen LogP contribution in [-0.4, -0.2) is 18.0 Å². The Hall–Kier alpha value is -0.520. The van der Waals surface area contributed by atoms with E-state index in [1.807, 2.05) is 0 Å². The molecular weight excluding hydrogens is 148 g/mol. The molecule has 1 fully saturated rings. The van der Waals surface area contributed by atoms with Gasteiger partial charge in [-0.25, -0.2) is 0 Å². The largest absolute Gasteiger partial charge is 0.297 e. The Morgan fingerprint density at radius 1 is 1.80 bits per heavy atom. The molecule has 1 rings (SSSR count). The van der Waals surface area contributed by atoms with Gasteiger partial charge in [0, 0.05) is 6.54 Å². The van der Waals surface area contributed by atoms with E-state index in [1.165, 1.54) is 0 Å². The maximum Gasteiger partial charge on any atom is 0.112 e. The topological polar surface area (TPSA) is 35.8 Å². The minimum absolute atomic E-state index is 0.105. The van der Waals surface area contributed by atoms with E-state index in [2.05, 4.69) is 18.0 Å². The molecule has 0 bridgehead atoms. The van der Waals surface area contributed by atoms with Crippen LogP contribution in [0.1, 0.15) is 6.42 Å². The molecule has 0 aromatic heterocycles. The molecule has 0 amide bonds. The Labute approximate surface area is 65.5 Å². The average Bonchev–Trinajstić information content (AvgIpc) is 1.88. The third-order valence-electron chi connectivity index (χ3n) is 1.56. The van der Waals surface area contributed by atoms with Crippen molar-refractivity contribution >= 4 is 11.6 Å². The zero-order chi connectivity index (χ0) is 7.56. The summed E-state index contributed by atoms with van der Waals surface area (Å²) in [6.45, 7) is 4.50. The minimum Gasteiger partial charge on any atom is -0.297 e. The standard InChI is InChI=1S/C7H9ClN2/c1-5-2-6(8)7(3-9)10-4-5/h6-7,10H,1-2,4H2. The summed E-state index contributed by atoms with van der Waals surface area (Å²) in [7, 11) is 0. The smallest absolute Gasteiger partial charge is 0.112 e. The number of piperidine rings is 1. The molecule has 10 heavy (non-hydrogen) atoms. The molecule has 1 saturated heterocycles. The Morgan fingerprint density at radius 3 is 3.00 bits per heavy atom. The molecule has 1 aliphatic rings. The number of hydrogen-bond acceptors (Lipinski definition) is 2. The molecule has 0 aliphatic carbocycles. The van der Waals surface area contributed by atoms with E-state index in [4.69, 9.17) is 16.9 Å². The van der Waals surface area contributed by atoms with Crippen molar-refractivity contribution in [2.24, 2.45) is 0 Å². The lowest BCUT2D eigenvalue weighted by Crippen LogP contribution is -2.41. The first kappa shape index (κ1) is 7.59. The number of nitriles is 1. The van der Waals surface area contributed by atoms with Crippen LogP contribution in [0.3, 0.4) is 0 Å². The highest BCUT2D eigenvalue weighted by Gasteiger charge is 2.23. The number of halogens is 1. The molecule has 54 valence electrons. The zero-order valence-corrected chi connectivity index (χ0v) is 6.36. The normalized spacial score (nSPS) is 33.4. The first-order valence-corrected chi connectivity index (χ1v) is 3.61. The van der Waals surface area contributed by atoms with Gasteiger partial charge in [0.1, 0.15) is 6.04 Å². The molecule has 2 unspecified atom stereocenters. The van der Waals surface area contributed by atoms with Crippen molar-refractivity contribution in [3.8, 4) is 6.07 Å². The summed E-state index contributed by atoms with van der Waals surface area (Å²) in [5.41, 5.74) is 1.08. The Morgan fingerprint density at radius 2 is 2.50 bits per heavy atom. The fraction of sp³-hybridized carbons (Fsp3) is 0.571. The van der Waals surface area contributed by atoms with Gasteiger partial charge in [-0.05, 0) is 6.42 Å². The maximum atomic E-state index is 8.52. The summed E-state index contributed by atoms with van der Waals surface area (Å²) in [5, 5.41) is 11.4. The van der Waals surface area contributed by atoms with Crippen LogP contribution in [0.2, 0.25) is 0 Å². The van der Waals surface area contributed by atoms with E-state index in [0.29, 0.717) is 0 Å². The number of nitrogens with zero attached hydrogens (tertiary/aromatic N) is 1. The van der Waals surface area contributed by atoms with E-state index >= 15 is 0 Å². The van der Waals surface area contributed by atoms with Crippen LogP contribution >= 0.6 is 11.6 Å². The third-order valence-corrected chi connectivity index (χ3v) is 1.96. The molecule has 0 aromatic carbocycles. The van der Waals surface area contributed by atoms with Crippen LogP contribution < -0.4 is 5.32 Å². The average molecular weight is 157 g/mol. The van der Waals surface area contributed by atoms with Gasteiger partial charge >= 0.3 is 0 Å². The first-order chi connectivity index (χ1) is 4.74. The van der Waals surface area contributed by atoms with Crippen molar-refractivity contribution in [3.63, 3.8) is 0 Å². The van der Waals surface area contributed by atoms with Gasteiger partial charge in [-0.1, -0.05) is 12.2 Å². The quantitative estimate of drug-likeness (QED) is 0.420. The number of nitrogens with one attached hydrogen (secondary N) is 1. The van der Waals surface area contributed by atoms with Crippen LogP contribution in [0.4, 0.5) is 0 Å². The van der Waals surface area contributed by atoms with Gasteiger partial charge in [-0.2, -0.15) is 5.26 Å². The molecule has 2 atom stereocenters. The van der Waals surface area contributed by atoms with E-state index in [-0.39, 0.29) is 11.4 Å². The van der Waals surface area contributed by atoms with Gasteiger partial charge in [0.2, 0.25) is 0 Å². The molecule has 0 aromatic rings. The number of rotatable bonds is 0. The van der Waals surface area contributed by atoms with E-state index in [1.54, 1.807) is 0 Å². The fourth-order valence-electron chi connectivity index (χ4n) is 0.974. The molecule has 1 heterocycles. The summed E-state index contributed by atoms with van der Waals surface area (Å²) in [5.74, 6) is 0. The molecule has 0 spiro atoms. The van der Waals surface area contributed by atoms with Crippen molar-refractivity contribution in [1.82, 2.24) is 5.32 Å². The van der Waals surface area contributed by atoms with Crippen molar-refractivity contribution in [3.05, 3.63) is 12.2 Å². The minimum atomic E-state index is -0.202. The zero-order valence-electron chi connectivity index (χ0n) is 5.60. The van der Waals surface area contributed by atoms with Crippen molar-refractivity contribution in [1.29, 1.82) is 5.26 Å². The molecule has 3 heteroatoms. The second-order valence-electron chi connectivity index (χ2n) is 2.46. The fourth-order valence-corrected chi connectivity index (χ4v) is 1.34. The van der Waals surface area contributed by atoms with E-state index in [9.17, 15) is 0 Å². The van der Waals surface area contributed by atoms with Crippen LogP contribution in [0.5, 0.6) is 0 Å². The second-order valence-corrected chi connectivity index (χ2v) is 3.02. The summed E-state index contributed by atoms with van der Waals surface area (Å²) in [6.07, 6.45) is 0.757. The van der Waals surface area contributed by atoms with Crippen LogP contribution in [-0.2, 0) is 0 Å².